The Labute approximate surface area is 130 Å². The molecule has 1 rings (SSSR count). The van der Waals surface area contributed by atoms with E-state index in [2.05, 4.69) is 15.0 Å². The number of methoxy groups -OCH3 is 1. The zero-order valence-corrected chi connectivity index (χ0v) is 12.7. The van der Waals surface area contributed by atoms with Crippen molar-refractivity contribution >= 4 is 11.9 Å². The minimum atomic E-state index is -5.07. The summed E-state index contributed by atoms with van der Waals surface area (Å²) in [5, 5.41) is 12.2. The molecule has 1 atom stereocenters. The van der Waals surface area contributed by atoms with Crippen LogP contribution in [0.2, 0.25) is 0 Å². The lowest BCUT2D eigenvalue weighted by Gasteiger charge is -2.29. The molecule has 0 bridgehead atoms. The summed E-state index contributed by atoms with van der Waals surface area (Å²) in [6.45, 7) is -0.0115. The average molecular weight is 337 g/mol. The largest absolute Gasteiger partial charge is 0.469 e. The summed E-state index contributed by atoms with van der Waals surface area (Å²) in [6, 6.07) is 0. The molecule has 10 heteroatoms. The van der Waals surface area contributed by atoms with E-state index in [1.54, 1.807) is 0 Å². The van der Waals surface area contributed by atoms with E-state index in [1.807, 2.05) is 0 Å². The summed E-state index contributed by atoms with van der Waals surface area (Å²) < 4.78 is 45.0. The van der Waals surface area contributed by atoms with Crippen LogP contribution in [0.15, 0.2) is 12.4 Å². The molecule has 130 valence electrons. The summed E-state index contributed by atoms with van der Waals surface area (Å²) in [4.78, 5) is 26.1. The zero-order valence-electron chi connectivity index (χ0n) is 12.7. The van der Waals surface area contributed by atoms with Crippen molar-refractivity contribution in [3.8, 4) is 0 Å². The molecule has 23 heavy (non-hydrogen) atoms. The van der Waals surface area contributed by atoms with Gasteiger partial charge in [0.05, 0.1) is 13.5 Å². The Morgan fingerprint density at radius 2 is 2.09 bits per heavy atom. The third-order valence-corrected chi connectivity index (χ3v) is 3.18. The van der Waals surface area contributed by atoms with Crippen LogP contribution in [0.25, 0.3) is 0 Å². The van der Waals surface area contributed by atoms with Crippen molar-refractivity contribution in [2.24, 2.45) is 7.05 Å². The highest BCUT2D eigenvalue weighted by molar-refractivity contribution is 5.77. The van der Waals surface area contributed by atoms with Crippen LogP contribution in [0.4, 0.5) is 13.2 Å². The van der Waals surface area contributed by atoms with Gasteiger partial charge in [-0.1, -0.05) is 0 Å². The zero-order chi connectivity index (χ0) is 17.7. The number of aliphatic hydroxyl groups is 1. The molecule has 2 N–H and O–H groups in total. The summed E-state index contributed by atoms with van der Waals surface area (Å²) in [5.41, 5.74) is -3.39. The predicted molar refractivity (Wildman–Crippen MR) is 72.0 cm³/mol. The van der Waals surface area contributed by atoms with Crippen LogP contribution in [0, 0.1) is 0 Å². The average Bonchev–Trinajstić information content (AvgIpc) is 2.88. The van der Waals surface area contributed by atoms with Crippen LogP contribution in [-0.4, -0.2) is 46.4 Å². The van der Waals surface area contributed by atoms with E-state index in [1.165, 1.54) is 20.4 Å². The molecule has 1 aromatic rings. The highest BCUT2D eigenvalue weighted by Crippen LogP contribution is 2.40. The number of carbonyl (C=O) groups excluding carboxylic acids is 2. The van der Waals surface area contributed by atoms with Crippen molar-refractivity contribution in [1.29, 1.82) is 0 Å². The number of amides is 1. The van der Waals surface area contributed by atoms with E-state index in [-0.39, 0.29) is 19.4 Å². The van der Waals surface area contributed by atoms with E-state index in [0.717, 1.165) is 10.8 Å². The standard InChI is InChI=1S/C13H18F3N3O4/c1-19-7-6-18-11(19)12(22,13(14,15)16)8-9(20)17-5-3-4-10(21)23-2/h6-7,22H,3-5,8H2,1-2H3,(H,17,20). The van der Waals surface area contributed by atoms with Gasteiger partial charge in [0.15, 0.2) is 5.82 Å². The van der Waals surface area contributed by atoms with E-state index in [9.17, 15) is 27.9 Å². The van der Waals surface area contributed by atoms with Crippen LogP contribution in [0.1, 0.15) is 25.1 Å². The number of alkyl halides is 3. The third-order valence-electron chi connectivity index (χ3n) is 3.18. The Morgan fingerprint density at radius 1 is 1.43 bits per heavy atom. The molecular weight excluding hydrogens is 319 g/mol. The van der Waals surface area contributed by atoms with Gasteiger partial charge in [-0.25, -0.2) is 4.98 Å². The molecule has 0 aliphatic rings. The molecule has 1 amide bonds. The smallest absolute Gasteiger partial charge is 0.425 e. The van der Waals surface area contributed by atoms with E-state index in [4.69, 9.17) is 0 Å². The second-order valence-corrected chi connectivity index (χ2v) is 4.93. The Bertz CT molecular complexity index is 559. The van der Waals surface area contributed by atoms with Crippen LogP contribution >= 0.6 is 0 Å². The molecule has 0 aromatic carbocycles. The van der Waals surface area contributed by atoms with E-state index >= 15 is 0 Å². The molecule has 1 unspecified atom stereocenters. The maximum absolute atomic E-state index is 13.2. The molecule has 0 aliphatic carbocycles. The van der Waals surface area contributed by atoms with Gasteiger partial charge in [0.2, 0.25) is 11.5 Å². The van der Waals surface area contributed by atoms with E-state index in [0.29, 0.717) is 0 Å². The van der Waals surface area contributed by atoms with Crippen LogP contribution in [-0.2, 0) is 27.0 Å². The molecule has 0 spiro atoms. The van der Waals surface area contributed by atoms with Crippen LogP contribution in [0.3, 0.4) is 0 Å². The van der Waals surface area contributed by atoms with Crippen molar-refractivity contribution in [2.45, 2.75) is 31.0 Å². The van der Waals surface area contributed by atoms with Gasteiger partial charge in [-0.15, -0.1) is 0 Å². The highest BCUT2D eigenvalue weighted by Gasteiger charge is 2.58. The maximum Gasteiger partial charge on any atom is 0.425 e. The SMILES string of the molecule is COC(=O)CCCNC(=O)CC(O)(c1nccn1C)C(F)(F)F. The Morgan fingerprint density at radius 3 is 2.57 bits per heavy atom. The predicted octanol–water partition coefficient (Wildman–Crippen LogP) is 0.629. The first-order valence-electron chi connectivity index (χ1n) is 6.72. The number of imidazole rings is 1. The van der Waals surface area contributed by atoms with Gasteiger partial charge in [0, 0.05) is 32.4 Å². The number of aromatic nitrogens is 2. The molecule has 0 saturated heterocycles. The summed E-state index contributed by atoms with van der Waals surface area (Å²) in [7, 11) is 2.49. The minimum absolute atomic E-state index is 0.0115. The summed E-state index contributed by atoms with van der Waals surface area (Å²) in [5.74, 6) is -2.16. The van der Waals surface area contributed by atoms with Gasteiger partial charge in [-0.05, 0) is 6.42 Å². The fourth-order valence-electron chi connectivity index (χ4n) is 1.93. The van der Waals surface area contributed by atoms with Gasteiger partial charge in [0.1, 0.15) is 0 Å². The first-order chi connectivity index (χ1) is 10.6. The molecule has 0 aliphatic heterocycles. The first-order valence-corrected chi connectivity index (χ1v) is 6.72. The first kappa shape index (κ1) is 18.9. The Balaban J connectivity index is 2.71. The Hall–Kier alpha value is -2.10. The minimum Gasteiger partial charge on any atom is -0.469 e. The summed E-state index contributed by atoms with van der Waals surface area (Å²) in [6.07, 6.45) is -3.72. The molecule has 1 aromatic heterocycles. The quantitative estimate of drug-likeness (QED) is 0.562. The van der Waals surface area contributed by atoms with E-state index < -0.39 is 35.9 Å². The number of nitrogens with one attached hydrogen (secondary N) is 1. The number of nitrogens with zero attached hydrogens (tertiary/aromatic N) is 2. The van der Waals surface area contributed by atoms with Crippen LogP contribution in [0.5, 0.6) is 0 Å². The monoisotopic (exact) mass is 337 g/mol. The lowest BCUT2D eigenvalue weighted by Crippen LogP contribution is -2.48. The van der Waals surface area contributed by atoms with Gasteiger partial charge >= 0.3 is 12.1 Å². The Kier molecular flexibility index (Phi) is 6.13. The number of halogens is 3. The molecule has 0 radical (unpaired) electrons. The number of ether oxygens (including phenoxy) is 1. The second kappa shape index (κ2) is 7.44. The number of hydrogen-bond acceptors (Lipinski definition) is 5. The lowest BCUT2D eigenvalue weighted by atomic mass is 9.97. The molecule has 0 saturated carbocycles. The number of aryl methyl sites for hydroxylation is 1. The van der Waals surface area contributed by atoms with Crippen molar-refractivity contribution in [2.75, 3.05) is 13.7 Å². The number of rotatable bonds is 7. The summed E-state index contributed by atoms with van der Waals surface area (Å²) >= 11 is 0. The fraction of sp³-hybridized carbons (Fsp3) is 0.615. The van der Waals surface area contributed by atoms with Gasteiger partial charge < -0.3 is 19.7 Å². The highest BCUT2D eigenvalue weighted by atomic mass is 19.4. The number of hydrogen-bond donors (Lipinski definition) is 2. The second-order valence-electron chi connectivity index (χ2n) is 4.93. The maximum atomic E-state index is 13.2. The fourth-order valence-corrected chi connectivity index (χ4v) is 1.93. The molecule has 0 fully saturated rings. The van der Waals surface area contributed by atoms with Crippen LogP contribution < -0.4 is 5.32 Å². The molecule has 7 nitrogen and oxygen atoms in total. The van der Waals surface area contributed by atoms with Gasteiger partial charge in [0.25, 0.3) is 0 Å². The van der Waals surface area contributed by atoms with Crippen molar-refractivity contribution < 1.29 is 32.6 Å². The van der Waals surface area contributed by atoms with Crippen molar-refractivity contribution in [3.05, 3.63) is 18.2 Å². The molecular formula is C13H18F3N3O4. The lowest BCUT2D eigenvalue weighted by molar-refractivity contribution is -0.271. The van der Waals surface area contributed by atoms with Crippen molar-refractivity contribution in [1.82, 2.24) is 14.9 Å². The van der Waals surface area contributed by atoms with Gasteiger partial charge in [-0.3, -0.25) is 9.59 Å². The van der Waals surface area contributed by atoms with Crippen molar-refractivity contribution in [3.63, 3.8) is 0 Å². The van der Waals surface area contributed by atoms with Gasteiger partial charge in [-0.2, -0.15) is 13.2 Å². The topological polar surface area (TPSA) is 93.4 Å². The number of esters is 1. The third kappa shape index (κ3) is 4.68. The normalized spacial score (nSPS) is 14.2. The molecule has 1 heterocycles. The number of carbonyl (C=O) groups is 2.